The molecule has 114 valence electrons. The minimum absolute atomic E-state index is 0.527. The highest BCUT2D eigenvalue weighted by atomic mass is 15.2. The molecule has 1 N–H and O–H groups in total. The third-order valence-electron chi connectivity index (χ3n) is 4.46. The van der Waals surface area contributed by atoms with E-state index in [1.54, 1.807) is 0 Å². The van der Waals surface area contributed by atoms with Gasteiger partial charge in [-0.25, -0.2) is 0 Å². The Balaban J connectivity index is 2.49. The van der Waals surface area contributed by atoms with Crippen LogP contribution in [0.2, 0.25) is 0 Å². The van der Waals surface area contributed by atoms with Crippen LogP contribution in [-0.2, 0) is 0 Å². The number of nitrogens with one attached hydrogen (secondary N) is 1. The lowest BCUT2D eigenvalue weighted by molar-refractivity contribution is 0.107. The van der Waals surface area contributed by atoms with Crippen LogP contribution in [0.15, 0.2) is 0 Å². The zero-order chi connectivity index (χ0) is 14.5. The Morgan fingerprint density at radius 3 is 2.42 bits per heavy atom. The second kappa shape index (κ2) is 7.61. The standard InChI is InChI=1S/C16H35N3/c1-7-17-15-8-9-16(2,3)12-14(15)13-19(6)11-10-18(4)5/h14-15,17H,7-13H2,1-6H3. The van der Waals surface area contributed by atoms with Gasteiger partial charge in [0, 0.05) is 25.7 Å². The first-order valence-electron chi connectivity index (χ1n) is 7.90. The molecule has 3 nitrogen and oxygen atoms in total. The minimum atomic E-state index is 0.527. The molecule has 2 unspecified atom stereocenters. The lowest BCUT2D eigenvalue weighted by Gasteiger charge is -2.42. The number of likely N-dealkylation sites (N-methyl/N-ethyl adjacent to an activating group) is 2. The molecule has 0 saturated heterocycles. The van der Waals surface area contributed by atoms with Gasteiger partial charge in [-0.05, 0) is 58.3 Å². The summed E-state index contributed by atoms with van der Waals surface area (Å²) < 4.78 is 0. The van der Waals surface area contributed by atoms with Gasteiger partial charge in [0.25, 0.3) is 0 Å². The van der Waals surface area contributed by atoms with Gasteiger partial charge in [0.05, 0.1) is 0 Å². The van der Waals surface area contributed by atoms with E-state index in [0.717, 1.165) is 25.0 Å². The predicted octanol–water partition coefficient (Wildman–Crippen LogP) is 2.28. The summed E-state index contributed by atoms with van der Waals surface area (Å²) in [6.07, 6.45) is 4.06. The molecular formula is C16H35N3. The smallest absolute Gasteiger partial charge is 0.0108 e. The van der Waals surface area contributed by atoms with Gasteiger partial charge in [-0.15, -0.1) is 0 Å². The zero-order valence-corrected chi connectivity index (χ0v) is 14.0. The fourth-order valence-electron chi connectivity index (χ4n) is 3.32. The Kier molecular flexibility index (Phi) is 6.78. The van der Waals surface area contributed by atoms with Crippen molar-refractivity contribution in [3.63, 3.8) is 0 Å². The van der Waals surface area contributed by atoms with Crippen LogP contribution in [0.25, 0.3) is 0 Å². The molecule has 1 saturated carbocycles. The molecule has 0 bridgehead atoms. The number of hydrogen-bond acceptors (Lipinski definition) is 3. The summed E-state index contributed by atoms with van der Waals surface area (Å²) in [4.78, 5) is 4.78. The van der Waals surface area contributed by atoms with Crippen molar-refractivity contribution in [2.45, 2.75) is 46.1 Å². The quantitative estimate of drug-likeness (QED) is 0.765. The fraction of sp³-hybridized carbons (Fsp3) is 1.00. The first kappa shape index (κ1) is 16.9. The third kappa shape index (κ3) is 6.24. The summed E-state index contributed by atoms with van der Waals surface area (Å²) in [7, 11) is 6.58. The fourth-order valence-corrected chi connectivity index (χ4v) is 3.32. The Bertz CT molecular complexity index is 250. The molecule has 2 atom stereocenters. The summed E-state index contributed by atoms with van der Waals surface area (Å²) >= 11 is 0. The first-order chi connectivity index (χ1) is 8.84. The first-order valence-corrected chi connectivity index (χ1v) is 7.90. The van der Waals surface area contributed by atoms with Gasteiger partial charge < -0.3 is 15.1 Å². The molecule has 0 amide bonds. The molecule has 0 spiro atoms. The lowest BCUT2D eigenvalue weighted by atomic mass is 9.69. The molecular weight excluding hydrogens is 234 g/mol. The van der Waals surface area contributed by atoms with Crippen LogP contribution in [0.3, 0.4) is 0 Å². The van der Waals surface area contributed by atoms with Gasteiger partial charge in [-0.3, -0.25) is 0 Å². The molecule has 0 radical (unpaired) electrons. The highest BCUT2D eigenvalue weighted by molar-refractivity contribution is 4.89. The van der Waals surface area contributed by atoms with Gasteiger partial charge >= 0.3 is 0 Å². The summed E-state index contributed by atoms with van der Waals surface area (Å²) in [5.74, 6) is 0.802. The van der Waals surface area contributed by atoms with Crippen LogP contribution in [-0.4, -0.2) is 63.2 Å². The van der Waals surface area contributed by atoms with Crippen LogP contribution in [0.1, 0.15) is 40.0 Å². The molecule has 0 aliphatic heterocycles. The summed E-state index contributed by atoms with van der Waals surface area (Å²) in [5.41, 5.74) is 0.527. The normalized spacial score (nSPS) is 27.2. The molecule has 0 aromatic carbocycles. The Morgan fingerprint density at radius 2 is 1.84 bits per heavy atom. The van der Waals surface area contributed by atoms with Crippen LogP contribution in [0.5, 0.6) is 0 Å². The van der Waals surface area contributed by atoms with Gasteiger partial charge in [0.15, 0.2) is 0 Å². The van der Waals surface area contributed by atoms with Gasteiger partial charge in [-0.2, -0.15) is 0 Å². The SMILES string of the molecule is CCNC1CCC(C)(C)CC1CN(C)CCN(C)C. The minimum Gasteiger partial charge on any atom is -0.314 e. The monoisotopic (exact) mass is 269 g/mol. The van der Waals surface area contributed by atoms with E-state index in [-0.39, 0.29) is 0 Å². The molecule has 0 aromatic rings. The van der Waals surface area contributed by atoms with E-state index in [9.17, 15) is 0 Å². The Morgan fingerprint density at radius 1 is 1.16 bits per heavy atom. The van der Waals surface area contributed by atoms with Gasteiger partial charge in [0.2, 0.25) is 0 Å². The molecule has 1 aliphatic carbocycles. The van der Waals surface area contributed by atoms with Crippen molar-refractivity contribution >= 4 is 0 Å². The van der Waals surface area contributed by atoms with E-state index >= 15 is 0 Å². The van der Waals surface area contributed by atoms with Crippen molar-refractivity contribution < 1.29 is 0 Å². The number of hydrogen-bond donors (Lipinski definition) is 1. The second-order valence-corrected chi connectivity index (χ2v) is 7.40. The van der Waals surface area contributed by atoms with Crippen LogP contribution in [0, 0.1) is 11.3 Å². The van der Waals surface area contributed by atoms with Crippen LogP contribution >= 0.6 is 0 Å². The maximum atomic E-state index is 3.71. The van der Waals surface area contributed by atoms with Crippen LogP contribution < -0.4 is 5.32 Å². The zero-order valence-electron chi connectivity index (χ0n) is 14.0. The van der Waals surface area contributed by atoms with Gasteiger partial charge in [-0.1, -0.05) is 20.8 Å². The van der Waals surface area contributed by atoms with E-state index in [4.69, 9.17) is 0 Å². The lowest BCUT2D eigenvalue weighted by Crippen LogP contribution is -2.47. The molecule has 0 heterocycles. The Labute approximate surface area is 120 Å². The summed E-state index contributed by atoms with van der Waals surface area (Å²) in [5, 5.41) is 3.71. The average Bonchev–Trinajstić information content (AvgIpc) is 2.30. The largest absolute Gasteiger partial charge is 0.314 e. The highest BCUT2D eigenvalue weighted by Gasteiger charge is 2.34. The highest BCUT2D eigenvalue weighted by Crippen LogP contribution is 2.38. The predicted molar refractivity (Wildman–Crippen MR) is 84.6 cm³/mol. The average molecular weight is 269 g/mol. The van der Waals surface area contributed by atoms with E-state index in [2.05, 4.69) is 57.0 Å². The molecule has 1 aliphatic rings. The van der Waals surface area contributed by atoms with E-state index in [1.165, 1.54) is 32.4 Å². The topological polar surface area (TPSA) is 18.5 Å². The van der Waals surface area contributed by atoms with Crippen molar-refractivity contribution in [1.82, 2.24) is 15.1 Å². The van der Waals surface area contributed by atoms with Crippen molar-refractivity contribution in [1.29, 1.82) is 0 Å². The maximum Gasteiger partial charge on any atom is 0.0108 e. The molecule has 1 rings (SSSR count). The van der Waals surface area contributed by atoms with Crippen LogP contribution in [0.4, 0.5) is 0 Å². The molecule has 19 heavy (non-hydrogen) atoms. The second-order valence-electron chi connectivity index (χ2n) is 7.40. The van der Waals surface area contributed by atoms with E-state index in [0.29, 0.717) is 5.41 Å². The summed E-state index contributed by atoms with van der Waals surface area (Å²) in [6, 6.07) is 0.722. The van der Waals surface area contributed by atoms with Gasteiger partial charge in [0.1, 0.15) is 0 Å². The molecule has 1 fully saturated rings. The van der Waals surface area contributed by atoms with Crippen molar-refractivity contribution in [2.24, 2.45) is 11.3 Å². The van der Waals surface area contributed by atoms with E-state index < -0.39 is 0 Å². The summed E-state index contributed by atoms with van der Waals surface area (Å²) in [6.45, 7) is 11.7. The molecule has 3 heteroatoms. The maximum absolute atomic E-state index is 3.71. The molecule has 0 aromatic heterocycles. The van der Waals surface area contributed by atoms with E-state index in [1.807, 2.05) is 0 Å². The third-order valence-corrected chi connectivity index (χ3v) is 4.46. The Hall–Kier alpha value is -0.120. The number of rotatable bonds is 7. The van der Waals surface area contributed by atoms with Crippen molar-refractivity contribution in [3.05, 3.63) is 0 Å². The van der Waals surface area contributed by atoms with Crippen molar-refractivity contribution in [3.8, 4) is 0 Å². The van der Waals surface area contributed by atoms with Crippen molar-refractivity contribution in [2.75, 3.05) is 47.3 Å². The number of nitrogens with zero attached hydrogens (tertiary/aromatic N) is 2.